The number of hydrogen-bond acceptors (Lipinski definition) is 6. The SMILES string of the molecule is O=S(=O)(c1ccccc1)N1CCC(c2nc(-c3ccncc3)no2)CC1. The van der Waals surface area contributed by atoms with E-state index in [1.807, 2.05) is 12.1 Å². The van der Waals surface area contributed by atoms with Gasteiger partial charge in [-0.15, -0.1) is 0 Å². The van der Waals surface area contributed by atoms with Gasteiger partial charge in [0.05, 0.1) is 4.90 Å². The zero-order valence-corrected chi connectivity index (χ0v) is 14.8. The van der Waals surface area contributed by atoms with Crippen LogP contribution >= 0.6 is 0 Å². The molecule has 7 nitrogen and oxygen atoms in total. The fraction of sp³-hybridized carbons (Fsp3) is 0.278. The summed E-state index contributed by atoms with van der Waals surface area (Å²) < 4.78 is 32.3. The van der Waals surface area contributed by atoms with Gasteiger partial charge in [-0.05, 0) is 37.1 Å². The zero-order valence-electron chi connectivity index (χ0n) is 14.0. The average Bonchev–Trinajstić information content (AvgIpc) is 3.20. The van der Waals surface area contributed by atoms with E-state index in [0.29, 0.717) is 42.5 Å². The predicted molar refractivity (Wildman–Crippen MR) is 94.7 cm³/mol. The number of benzene rings is 1. The maximum atomic E-state index is 12.7. The Balaban J connectivity index is 1.45. The third-order valence-corrected chi connectivity index (χ3v) is 6.48. The first-order valence-electron chi connectivity index (χ1n) is 8.44. The summed E-state index contributed by atoms with van der Waals surface area (Å²) in [5.41, 5.74) is 0.846. The first-order valence-corrected chi connectivity index (χ1v) is 9.88. The van der Waals surface area contributed by atoms with Gasteiger partial charge in [0.1, 0.15) is 0 Å². The summed E-state index contributed by atoms with van der Waals surface area (Å²) in [4.78, 5) is 8.78. The molecule has 0 aliphatic carbocycles. The van der Waals surface area contributed by atoms with Crippen molar-refractivity contribution >= 4 is 10.0 Å². The lowest BCUT2D eigenvalue weighted by molar-refractivity contribution is 0.271. The Morgan fingerprint density at radius 3 is 2.38 bits per heavy atom. The van der Waals surface area contributed by atoms with Crippen LogP contribution in [0.15, 0.2) is 64.3 Å². The monoisotopic (exact) mass is 370 g/mol. The average molecular weight is 370 g/mol. The Kier molecular flexibility index (Phi) is 4.52. The van der Waals surface area contributed by atoms with Gasteiger partial charge in [0.25, 0.3) is 0 Å². The van der Waals surface area contributed by atoms with Gasteiger partial charge in [-0.1, -0.05) is 23.4 Å². The molecule has 0 spiro atoms. The quantitative estimate of drug-likeness (QED) is 0.701. The van der Waals surface area contributed by atoms with Crippen molar-refractivity contribution in [2.75, 3.05) is 13.1 Å². The van der Waals surface area contributed by atoms with Crippen molar-refractivity contribution in [3.63, 3.8) is 0 Å². The van der Waals surface area contributed by atoms with Gasteiger partial charge in [-0.3, -0.25) is 4.98 Å². The third kappa shape index (κ3) is 3.25. The van der Waals surface area contributed by atoms with Crippen molar-refractivity contribution in [2.45, 2.75) is 23.7 Å². The highest BCUT2D eigenvalue weighted by molar-refractivity contribution is 7.89. The van der Waals surface area contributed by atoms with Crippen LogP contribution in [0.3, 0.4) is 0 Å². The molecule has 3 heterocycles. The van der Waals surface area contributed by atoms with E-state index in [1.54, 1.807) is 42.7 Å². The van der Waals surface area contributed by atoms with Gasteiger partial charge in [0.2, 0.25) is 21.7 Å². The number of sulfonamides is 1. The molecule has 1 aromatic carbocycles. The van der Waals surface area contributed by atoms with Crippen LogP contribution in [0.25, 0.3) is 11.4 Å². The summed E-state index contributed by atoms with van der Waals surface area (Å²) in [5, 5.41) is 4.03. The second kappa shape index (κ2) is 6.97. The van der Waals surface area contributed by atoms with Crippen LogP contribution in [-0.4, -0.2) is 40.9 Å². The van der Waals surface area contributed by atoms with E-state index in [4.69, 9.17) is 4.52 Å². The highest BCUT2D eigenvalue weighted by Gasteiger charge is 2.32. The van der Waals surface area contributed by atoms with E-state index in [2.05, 4.69) is 15.1 Å². The van der Waals surface area contributed by atoms with Crippen LogP contribution in [0.4, 0.5) is 0 Å². The summed E-state index contributed by atoms with van der Waals surface area (Å²) >= 11 is 0. The Morgan fingerprint density at radius 1 is 1.00 bits per heavy atom. The molecule has 0 atom stereocenters. The van der Waals surface area contributed by atoms with E-state index in [1.165, 1.54) is 4.31 Å². The molecule has 134 valence electrons. The van der Waals surface area contributed by atoms with E-state index >= 15 is 0 Å². The summed E-state index contributed by atoms with van der Waals surface area (Å²) in [7, 11) is -3.45. The minimum atomic E-state index is -3.45. The summed E-state index contributed by atoms with van der Waals surface area (Å²) in [6.07, 6.45) is 4.67. The standard InChI is InChI=1S/C18H18N4O3S/c23-26(24,16-4-2-1-3-5-16)22-12-8-15(9-13-22)18-20-17(21-25-18)14-6-10-19-11-7-14/h1-7,10-11,15H,8-9,12-13H2. The van der Waals surface area contributed by atoms with Gasteiger partial charge in [0.15, 0.2) is 0 Å². The molecule has 26 heavy (non-hydrogen) atoms. The number of aromatic nitrogens is 3. The molecule has 0 amide bonds. The molecule has 0 saturated carbocycles. The fourth-order valence-electron chi connectivity index (χ4n) is 3.10. The van der Waals surface area contributed by atoms with Crippen LogP contribution in [-0.2, 0) is 10.0 Å². The van der Waals surface area contributed by atoms with Crippen LogP contribution in [0.2, 0.25) is 0 Å². The van der Waals surface area contributed by atoms with Crippen molar-refractivity contribution in [1.82, 2.24) is 19.4 Å². The molecule has 0 N–H and O–H groups in total. The molecule has 0 unspecified atom stereocenters. The van der Waals surface area contributed by atoms with Crippen molar-refractivity contribution in [2.24, 2.45) is 0 Å². The molecule has 3 aromatic rings. The smallest absolute Gasteiger partial charge is 0.243 e. The number of piperidine rings is 1. The van der Waals surface area contributed by atoms with E-state index in [-0.39, 0.29) is 5.92 Å². The fourth-order valence-corrected chi connectivity index (χ4v) is 4.59. The largest absolute Gasteiger partial charge is 0.339 e. The van der Waals surface area contributed by atoms with Crippen LogP contribution in [0.1, 0.15) is 24.7 Å². The minimum absolute atomic E-state index is 0.0697. The van der Waals surface area contributed by atoms with Crippen molar-refractivity contribution in [3.05, 3.63) is 60.7 Å². The highest BCUT2D eigenvalue weighted by Crippen LogP contribution is 2.30. The van der Waals surface area contributed by atoms with Crippen LogP contribution in [0, 0.1) is 0 Å². The topological polar surface area (TPSA) is 89.2 Å². The van der Waals surface area contributed by atoms with Gasteiger partial charge in [-0.25, -0.2) is 8.42 Å². The minimum Gasteiger partial charge on any atom is -0.339 e. The second-order valence-electron chi connectivity index (χ2n) is 6.18. The Hall–Kier alpha value is -2.58. The molecular weight excluding hydrogens is 352 g/mol. The van der Waals surface area contributed by atoms with Gasteiger partial charge in [0, 0.05) is 37.0 Å². The van der Waals surface area contributed by atoms with Crippen molar-refractivity contribution < 1.29 is 12.9 Å². The second-order valence-corrected chi connectivity index (χ2v) is 8.12. The molecule has 1 saturated heterocycles. The van der Waals surface area contributed by atoms with Gasteiger partial charge < -0.3 is 4.52 Å². The summed E-state index contributed by atoms with van der Waals surface area (Å²) in [6.45, 7) is 0.879. The molecule has 2 aromatic heterocycles. The maximum Gasteiger partial charge on any atom is 0.243 e. The summed E-state index contributed by atoms with van der Waals surface area (Å²) in [5.74, 6) is 1.16. The number of nitrogens with zero attached hydrogens (tertiary/aromatic N) is 4. The first kappa shape index (κ1) is 16.9. The van der Waals surface area contributed by atoms with Crippen molar-refractivity contribution in [3.8, 4) is 11.4 Å². The maximum absolute atomic E-state index is 12.7. The van der Waals surface area contributed by atoms with E-state index < -0.39 is 10.0 Å². The Labute approximate surface area is 151 Å². The molecule has 1 aliphatic heterocycles. The molecule has 0 radical (unpaired) electrons. The van der Waals surface area contributed by atoms with E-state index in [0.717, 1.165) is 5.56 Å². The van der Waals surface area contributed by atoms with Crippen LogP contribution in [0.5, 0.6) is 0 Å². The lowest BCUT2D eigenvalue weighted by Gasteiger charge is -2.29. The molecular formula is C18H18N4O3S. The number of hydrogen-bond donors (Lipinski definition) is 0. The van der Waals surface area contributed by atoms with E-state index in [9.17, 15) is 8.42 Å². The molecule has 1 fully saturated rings. The molecule has 1 aliphatic rings. The van der Waals surface area contributed by atoms with Crippen LogP contribution < -0.4 is 0 Å². The summed E-state index contributed by atoms with van der Waals surface area (Å²) in [6, 6.07) is 12.2. The normalized spacial score (nSPS) is 16.6. The van der Waals surface area contributed by atoms with Gasteiger partial charge >= 0.3 is 0 Å². The lowest BCUT2D eigenvalue weighted by atomic mass is 9.98. The highest BCUT2D eigenvalue weighted by atomic mass is 32.2. The Bertz CT molecular complexity index is 966. The molecule has 4 rings (SSSR count). The zero-order chi connectivity index (χ0) is 18.0. The number of pyridine rings is 1. The lowest BCUT2D eigenvalue weighted by Crippen LogP contribution is -2.37. The third-order valence-electron chi connectivity index (χ3n) is 4.56. The van der Waals surface area contributed by atoms with Gasteiger partial charge in [-0.2, -0.15) is 9.29 Å². The molecule has 0 bridgehead atoms. The molecule has 8 heteroatoms. The predicted octanol–water partition coefficient (Wildman–Crippen LogP) is 2.70. The van der Waals surface area contributed by atoms with Crippen molar-refractivity contribution in [1.29, 1.82) is 0 Å². The number of rotatable bonds is 4. The first-order chi connectivity index (χ1) is 12.6. The Morgan fingerprint density at radius 2 is 1.69 bits per heavy atom.